The fourth-order valence-electron chi connectivity index (χ4n) is 3.82. The summed E-state index contributed by atoms with van der Waals surface area (Å²) in [4.78, 5) is 1.74. The first kappa shape index (κ1) is 20.0. The zero-order chi connectivity index (χ0) is 19.9. The van der Waals surface area contributed by atoms with Gasteiger partial charge >= 0.3 is 0 Å². The van der Waals surface area contributed by atoms with Crippen molar-refractivity contribution in [3.05, 3.63) is 39.6 Å². The predicted molar refractivity (Wildman–Crippen MR) is 102 cm³/mol. The average Bonchev–Trinajstić information content (AvgIpc) is 3.03. The molecule has 27 heavy (non-hydrogen) atoms. The summed E-state index contributed by atoms with van der Waals surface area (Å²) in [5, 5.41) is 7.89. The summed E-state index contributed by atoms with van der Waals surface area (Å²) in [7, 11) is -3.51. The van der Waals surface area contributed by atoms with E-state index in [2.05, 4.69) is 17.1 Å². The normalized spacial score (nSPS) is 16.8. The van der Waals surface area contributed by atoms with E-state index in [9.17, 15) is 8.42 Å². The Kier molecular flexibility index (Phi) is 5.42. The lowest BCUT2D eigenvalue weighted by Crippen LogP contribution is -3.13. The van der Waals surface area contributed by atoms with Crippen LogP contribution in [0.25, 0.3) is 0 Å². The molecule has 7 nitrogen and oxygen atoms in total. The fourth-order valence-corrected chi connectivity index (χ4v) is 5.83. The second-order valence-corrected chi connectivity index (χ2v) is 9.37. The van der Waals surface area contributed by atoms with E-state index in [0.29, 0.717) is 36.3 Å². The lowest BCUT2D eigenvalue weighted by atomic mass is 9.95. The number of aryl methyl sites for hydroxylation is 1. The van der Waals surface area contributed by atoms with Crippen LogP contribution in [-0.4, -0.2) is 49.1 Å². The highest BCUT2D eigenvalue weighted by atomic mass is 32.2. The fraction of sp³-hybridized carbons (Fsp3) is 0.579. The van der Waals surface area contributed by atoms with E-state index in [4.69, 9.17) is 4.42 Å². The Morgan fingerprint density at radius 1 is 0.889 bits per heavy atom. The number of hydrogen-bond donors (Lipinski definition) is 1. The third-order valence-electron chi connectivity index (χ3n) is 5.93. The number of hydrogen-bond acceptors (Lipinski definition) is 5. The SMILES string of the molecule is Cc1nnc(C[NH+]2CCN(S(=O)(=O)c3c(C)c(C)c(C)c(C)c3C)CC2)o1. The molecule has 0 aliphatic carbocycles. The van der Waals surface area contributed by atoms with Gasteiger partial charge in [0.1, 0.15) is 0 Å². The van der Waals surface area contributed by atoms with Crippen LogP contribution >= 0.6 is 0 Å². The van der Waals surface area contributed by atoms with Crippen LogP contribution in [0.3, 0.4) is 0 Å². The van der Waals surface area contributed by atoms with Crippen molar-refractivity contribution in [1.82, 2.24) is 14.5 Å². The van der Waals surface area contributed by atoms with Gasteiger partial charge in [-0.15, -0.1) is 10.2 Å². The van der Waals surface area contributed by atoms with Gasteiger partial charge in [-0.3, -0.25) is 0 Å². The molecule has 1 aromatic carbocycles. The van der Waals surface area contributed by atoms with E-state index in [0.717, 1.165) is 35.3 Å². The van der Waals surface area contributed by atoms with Gasteiger partial charge < -0.3 is 9.32 Å². The highest BCUT2D eigenvalue weighted by Crippen LogP contribution is 2.31. The Morgan fingerprint density at radius 3 is 1.89 bits per heavy atom. The summed E-state index contributed by atoms with van der Waals surface area (Å²) in [6.07, 6.45) is 0. The van der Waals surface area contributed by atoms with Gasteiger partial charge in [0.05, 0.1) is 31.1 Å². The number of quaternary nitrogens is 1. The van der Waals surface area contributed by atoms with E-state index >= 15 is 0 Å². The Labute approximate surface area is 161 Å². The van der Waals surface area contributed by atoms with Crippen LogP contribution in [0, 0.1) is 41.5 Å². The number of rotatable bonds is 4. The summed E-state index contributed by atoms with van der Waals surface area (Å²) in [6, 6.07) is 0. The van der Waals surface area contributed by atoms with Gasteiger partial charge in [0, 0.05) is 6.92 Å². The Balaban J connectivity index is 1.80. The smallest absolute Gasteiger partial charge is 0.271 e. The van der Waals surface area contributed by atoms with Gasteiger partial charge in [-0.25, -0.2) is 8.42 Å². The molecule has 0 atom stereocenters. The monoisotopic (exact) mass is 393 g/mol. The molecular formula is C19H29N4O3S+. The highest BCUT2D eigenvalue weighted by Gasteiger charge is 2.34. The van der Waals surface area contributed by atoms with Gasteiger partial charge in [0.15, 0.2) is 6.54 Å². The third kappa shape index (κ3) is 3.66. The van der Waals surface area contributed by atoms with Crippen LogP contribution in [0.5, 0.6) is 0 Å². The second-order valence-electron chi connectivity index (χ2n) is 7.50. The molecule has 1 saturated heterocycles. The molecule has 8 heteroatoms. The maximum Gasteiger partial charge on any atom is 0.271 e. The molecule has 0 amide bonds. The summed E-state index contributed by atoms with van der Waals surface area (Å²) in [6.45, 7) is 14.7. The molecule has 1 N–H and O–H groups in total. The molecule has 0 bridgehead atoms. The van der Waals surface area contributed by atoms with Gasteiger partial charge in [-0.1, -0.05) is 0 Å². The zero-order valence-corrected chi connectivity index (χ0v) is 17.8. The van der Waals surface area contributed by atoms with Crippen molar-refractivity contribution in [2.75, 3.05) is 26.2 Å². The summed E-state index contributed by atoms with van der Waals surface area (Å²) < 4.78 is 33.8. The number of sulfonamides is 1. The van der Waals surface area contributed by atoms with Crippen LogP contribution < -0.4 is 4.90 Å². The first-order valence-electron chi connectivity index (χ1n) is 9.32. The van der Waals surface area contributed by atoms with Gasteiger partial charge in [-0.2, -0.15) is 4.31 Å². The molecule has 1 aliphatic heterocycles. The van der Waals surface area contributed by atoms with E-state index < -0.39 is 10.0 Å². The number of nitrogens with one attached hydrogen (secondary N) is 1. The van der Waals surface area contributed by atoms with E-state index in [1.165, 1.54) is 10.5 Å². The minimum Gasteiger partial charge on any atom is -0.420 e. The Hall–Kier alpha value is -1.77. The van der Waals surface area contributed by atoms with Crippen LogP contribution in [0.2, 0.25) is 0 Å². The third-order valence-corrected chi connectivity index (χ3v) is 8.10. The molecule has 148 valence electrons. The van der Waals surface area contributed by atoms with E-state index in [1.54, 1.807) is 11.2 Å². The lowest BCUT2D eigenvalue weighted by Gasteiger charge is -2.32. The van der Waals surface area contributed by atoms with E-state index in [1.807, 2.05) is 27.7 Å². The topological polar surface area (TPSA) is 80.7 Å². The number of nitrogens with zero attached hydrogens (tertiary/aromatic N) is 3. The molecule has 3 rings (SSSR count). The van der Waals surface area contributed by atoms with Crippen molar-refractivity contribution in [3.63, 3.8) is 0 Å². The number of aromatic nitrogens is 2. The van der Waals surface area contributed by atoms with Crippen molar-refractivity contribution < 1.29 is 17.7 Å². The van der Waals surface area contributed by atoms with Gasteiger partial charge in [-0.05, 0) is 62.4 Å². The Bertz CT molecular complexity index is 929. The first-order valence-corrected chi connectivity index (χ1v) is 10.8. The van der Waals surface area contributed by atoms with Crippen molar-refractivity contribution in [1.29, 1.82) is 0 Å². The molecule has 1 aliphatic rings. The maximum absolute atomic E-state index is 13.4. The first-order chi connectivity index (χ1) is 12.6. The van der Waals surface area contributed by atoms with Crippen LogP contribution in [0.4, 0.5) is 0 Å². The lowest BCUT2D eigenvalue weighted by molar-refractivity contribution is -0.918. The van der Waals surface area contributed by atoms with Crippen molar-refractivity contribution in [2.24, 2.45) is 0 Å². The number of piperazine rings is 1. The van der Waals surface area contributed by atoms with Crippen LogP contribution in [0.1, 0.15) is 39.6 Å². The maximum atomic E-state index is 13.4. The summed E-state index contributed by atoms with van der Waals surface area (Å²) in [5.74, 6) is 1.16. The molecule has 0 spiro atoms. The molecule has 0 radical (unpaired) electrons. The van der Waals surface area contributed by atoms with Crippen molar-refractivity contribution >= 4 is 10.0 Å². The highest BCUT2D eigenvalue weighted by molar-refractivity contribution is 7.89. The van der Waals surface area contributed by atoms with Crippen LogP contribution in [-0.2, 0) is 16.6 Å². The Morgan fingerprint density at radius 2 is 1.41 bits per heavy atom. The molecule has 2 heterocycles. The van der Waals surface area contributed by atoms with E-state index in [-0.39, 0.29) is 0 Å². The van der Waals surface area contributed by atoms with Crippen molar-refractivity contribution in [2.45, 2.75) is 53.0 Å². The number of benzene rings is 1. The molecule has 0 saturated carbocycles. The predicted octanol–water partition coefficient (Wildman–Crippen LogP) is 1.01. The zero-order valence-electron chi connectivity index (χ0n) is 17.0. The average molecular weight is 394 g/mol. The van der Waals surface area contributed by atoms with Gasteiger partial charge in [0.2, 0.25) is 15.9 Å². The standard InChI is InChI=1S/C19H28N4O3S/c1-12-13(2)15(4)19(16(5)14(12)3)27(24,25)23-9-7-22(8-10-23)11-18-21-20-17(6)26-18/h7-11H2,1-6H3/p+1. The minimum absolute atomic E-state index is 0.485. The molecular weight excluding hydrogens is 364 g/mol. The quantitative estimate of drug-likeness (QED) is 0.839. The molecule has 0 unspecified atom stereocenters. The minimum atomic E-state index is -3.51. The molecule has 1 aromatic heterocycles. The summed E-state index contributed by atoms with van der Waals surface area (Å²) >= 11 is 0. The van der Waals surface area contributed by atoms with Gasteiger partial charge in [0.25, 0.3) is 5.89 Å². The van der Waals surface area contributed by atoms with Crippen molar-refractivity contribution in [3.8, 4) is 0 Å². The molecule has 1 fully saturated rings. The second kappa shape index (κ2) is 7.33. The van der Waals surface area contributed by atoms with Crippen LogP contribution in [0.15, 0.2) is 9.31 Å². The summed E-state index contributed by atoms with van der Waals surface area (Å²) in [5.41, 5.74) is 5.03. The molecule has 2 aromatic rings. The largest absolute Gasteiger partial charge is 0.420 e.